The van der Waals surface area contributed by atoms with E-state index in [-0.39, 0.29) is 5.28 Å². The highest BCUT2D eigenvalue weighted by Crippen LogP contribution is 2.30. The largest absolute Gasteiger partial charge is 0.347 e. The van der Waals surface area contributed by atoms with Gasteiger partial charge in [0, 0.05) is 24.5 Å². The van der Waals surface area contributed by atoms with Gasteiger partial charge in [-0.3, -0.25) is 4.72 Å². The van der Waals surface area contributed by atoms with E-state index in [1.54, 1.807) is 24.4 Å². The molecule has 2 heterocycles. The van der Waals surface area contributed by atoms with E-state index in [9.17, 15) is 8.42 Å². The molecule has 0 saturated heterocycles. The molecule has 0 fully saturated rings. The van der Waals surface area contributed by atoms with E-state index in [4.69, 9.17) is 11.6 Å². The summed E-state index contributed by atoms with van der Waals surface area (Å²) < 4.78 is 27.1. The van der Waals surface area contributed by atoms with Crippen LogP contribution in [0.4, 0.5) is 5.69 Å². The summed E-state index contributed by atoms with van der Waals surface area (Å²) in [6.07, 6.45) is 4.69. The number of nitrogens with one attached hydrogen (secondary N) is 1. The van der Waals surface area contributed by atoms with Gasteiger partial charge >= 0.3 is 0 Å². The fourth-order valence-corrected chi connectivity index (χ4v) is 3.00. The van der Waals surface area contributed by atoms with Gasteiger partial charge in [0.2, 0.25) is 15.3 Å². The van der Waals surface area contributed by atoms with Crippen LogP contribution in [-0.4, -0.2) is 29.2 Å². The molecule has 2 aromatic heterocycles. The molecule has 0 aliphatic carbocycles. The third-order valence-electron chi connectivity index (χ3n) is 3.17. The van der Waals surface area contributed by atoms with Crippen LogP contribution in [0.5, 0.6) is 0 Å². The van der Waals surface area contributed by atoms with Gasteiger partial charge < -0.3 is 4.57 Å². The molecule has 1 N–H and O–H groups in total. The number of halogens is 1. The molecule has 22 heavy (non-hydrogen) atoms. The van der Waals surface area contributed by atoms with E-state index < -0.39 is 10.0 Å². The summed E-state index contributed by atoms with van der Waals surface area (Å²) in [5.74, 6) is 0. The number of aryl methyl sites for hydroxylation is 1. The number of fused-ring (bicyclic) bond motifs is 1. The predicted octanol–water partition coefficient (Wildman–Crippen LogP) is 2.66. The Morgan fingerprint density at radius 2 is 2.09 bits per heavy atom. The second-order valence-corrected chi connectivity index (χ2v) is 7.07. The van der Waals surface area contributed by atoms with Gasteiger partial charge in [0.15, 0.2) is 0 Å². The number of hydrogen-bond donors (Lipinski definition) is 1. The lowest BCUT2D eigenvalue weighted by Crippen LogP contribution is -2.09. The Balaban J connectivity index is 2.16. The lowest BCUT2D eigenvalue weighted by atomic mass is 10.1. The van der Waals surface area contributed by atoms with Crippen LogP contribution < -0.4 is 4.72 Å². The van der Waals surface area contributed by atoms with Gasteiger partial charge in [0.1, 0.15) is 5.52 Å². The number of hydrogen-bond acceptors (Lipinski definition) is 4. The van der Waals surface area contributed by atoms with Gasteiger partial charge in [-0.05, 0) is 29.3 Å². The van der Waals surface area contributed by atoms with Crippen molar-refractivity contribution in [1.29, 1.82) is 0 Å². The normalized spacial score (nSPS) is 11.8. The number of rotatable bonds is 3. The van der Waals surface area contributed by atoms with Gasteiger partial charge in [-0.1, -0.05) is 12.1 Å². The van der Waals surface area contributed by atoms with E-state index in [2.05, 4.69) is 14.7 Å². The Hall–Kier alpha value is -2.12. The number of anilines is 1. The summed E-state index contributed by atoms with van der Waals surface area (Å²) in [5, 5.41) is 0.172. The summed E-state index contributed by atoms with van der Waals surface area (Å²) in [6, 6.07) is 7.12. The first-order chi connectivity index (χ1) is 10.3. The maximum absolute atomic E-state index is 11.4. The van der Waals surface area contributed by atoms with Crippen molar-refractivity contribution in [2.75, 3.05) is 11.0 Å². The average molecular weight is 337 g/mol. The minimum atomic E-state index is -3.32. The van der Waals surface area contributed by atoms with Gasteiger partial charge in [-0.15, -0.1) is 0 Å². The zero-order chi connectivity index (χ0) is 15.9. The number of nitrogens with zero attached hydrogens (tertiary/aromatic N) is 3. The summed E-state index contributed by atoms with van der Waals surface area (Å²) >= 11 is 5.88. The fraction of sp³-hybridized carbons (Fsp3) is 0.143. The van der Waals surface area contributed by atoms with Crippen LogP contribution in [0.15, 0.2) is 36.7 Å². The van der Waals surface area contributed by atoms with Crippen molar-refractivity contribution in [2.45, 2.75) is 0 Å². The number of benzene rings is 1. The predicted molar refractivity (Wildman–Crippen MR) is 87.4 cm³/mol. The van der Waals surface area contributed by atoms with Crippen molar-refractivity contribution in [3.63, 3.8) is 0 Å². The molecule has 0 amide bonds. The third kappa shape index (κ3) is 2.90. The van der Waals surface area contributed by atoms with Crippen molar-refractivity contribution < 1.29 is 8.42 Å². The Morgan fingerprint density at radius 3 is 2.82 bits per heavy atom. The average Bonchev–Trinajstić information content (AvgIpc) is 2.74. The van der Waals surface area contributed by atoms with E-state index in [1.807, 2.05) is 23.9 Å². The quantitative estimate of drug-likeness (QED) is 0.746. The molecule has 8 heteroatoms. The van der Waals surface area contributed by atoms with Gasteiger partial charge in [0.25, 0.3) is 0 Å². The monoisotopic (exact) mass is 336 g/mol. The van der Waals surface area contributed by atoms with Crippen LogP contribution in [0.25, 0.3) is 22.2 Å². The van der Waals surface area contributed by atoms with Crippen molar-refractivity contribution in [2.24, 2.45) is 7.05 Å². The van der Waals surface area contributed by atoms with E-state index in [0.29, 0.717) is 5.69 Å². The molecule has 3 aromatic rings. The second-order valence-electron chi connectivity index (χ2n) is 4.98. The molecule has 0 radical (unpaired) electrons. The topological polar surface area (TPSA) is 76.9 Å². The highest BCUT2D eigenvalue weighted by Gasteiger charge is 2.12. The smallest absolute Gasteiger partial charge is 0.229 e. The lowest BCUT2D eigenvalue weighted by molar-refractivity contribution is 0.607. The van der Waals surface area contributed by atoms with Gasteiger partial charge in [-0.25, -0.2) is 18.4 Å². The van der Waals surface area contributed by atoms with Crippen molar-refractivity contribution >= 4 is 38.3 Å². The van der Waals surface area contributed by atoms with Crippen LogP contribution in [0.2, 0.25) is 5.28 Å². The highest BCUT2D eigenvalue weighted by atomic mass is 35.5. The molecule has 1 aromatic carbocycles. The number of aromatic nitrogens is 3. The maximum atomic E-state index is 11.4. The molecular formula is C14H13ClN4O2S. The fourth-order valence-electron chi connectivity index (χ4n) is 2.31. The van der Waals surface area contributed by atoms with E-state index in [1.165, 1.54) is 0 Å². The molecular weight excluding hydrogens is 324 g/mol. The molecule has 0 atom stereocenters. The maximum Gasteiger partial charge on any atom is 0.229 e. The van der Waals surface area contributed by atoms with Crippen LogP contribution >= 0.6 is 11.6 Å². The molecule has 0 saturated carbocycles. The summed E-state index contributed by atoms with van der Waals surface area (Å²) in [7, 11) is -1.43. The van der Waals surface area contributed by atoms with Crippen molar-refractivity contribution in [3.05, 3.63) is 41.9 Å². The first-order valence-corrected chi connectivity index (χ1v) is 8.66. The highest BCUT2D eigenvalue weighted by molar-refractivity contribution is 7.92. The molecule has 0 unspecified atom stereocenters. The summed E-state index contributed by atoms with van der Waals surface area (Å²) in [6.45, 7) is 0. The van der Waals surface area contributed by atoms with Crippen LogP contribution in [0, 0.1) is 0 Å². The van der Waals surface area contributed by atoms with E-state index >= 15 is 0 Å². The number of sulfonamides is 1. The molecule has 114 valence electrons. The summed E-state index contributed by atoms with van der Waals surface area (Å²) in [5.41, 5.74) is 3.77. The standard InChI is InChI=1S/C14H13ClN4O2S/c1-19-8-11(13-12(19)7-16-14(15)17-13)9-4-3-5-10(6-9)18-22(2,20)21/h3-8,18H,1-2H3. The first-order valence-electron chi connectivity index (χ1n) is 6.39. The third-order valence-corrected chi connectivity index (χ3v) is 3.96. The molecule has 0 spiro atoms. The molecule has 0 bridgehead atoms. The lowest BCUT2D eigenvalue weighted by Gasteiger charge is -2.06. The molecule has 6 nitrogen and oxygen atoms in total. The molecule has 0 aliphatic rings. The molecule has 3 rings (SSSR count). The van der Waals surface area contributed by atoms with Crippen LogP contribution in [0.3, 0.4) is 0 Å². The summed E-state index contributed by atoms with van der Waals surface area (Å²) in [4.78, 5) is 8.25. The van der Waals surface area contributed by atoms with Gasteiger partial charge in [-0.2, -0.15) is 0 Å². The van der Waals surface area contributed by atoms with Crippen molar-refractivity contribution in [1.82, 2.24) is 14.5 Å². The zero-order valence-electron chi connectivity index (χ0n) is 11.9. The van der Waals surface area contributed by atoms with Crippen LogP contribution in [-0.2, 0) is 17.1 Å². The SMILES string of the molecule is Cn1cc(-c2cccc(NS(C)(=O)=O)c2)c2nc(Cl)ncc21. The van der Waals surface area contributed by atoms with Gasteiger partial charge in [0.05, 0.1) is 18.0 Å². The minimum Gasteiger partial charge on any atom is -0.347 e. The zero-order valence-corrected chi connectivity index (χ0v) is 13.5. The molecule has 0 aliphatic heterocycles. The first kappa shape index (κ1) is 14.8. The Morgan fingerprint density at radius 1 is 1.32 bits per heavy atom. The Labute approximate surface area is 132 Å². The van der Waals surface area contributed by atoms with E-state index in [0.717, 1.165) is 28.4 Å². The van der Waals surface area contributed by atoms with Crippen LogP contribution in [0.1, 0.15) is 0 Å². The van der Waals surface area contributed by atoms with Crippen molar-refractivity contribution in [3.8, 4) is 11.1 Å². The Kier molecular flexibility index (Phi) is 3.54. The Bertz CT molecular complexity index is 966. The minimum absolute atomic E-state index is 0.172. The second kappa shape index (κ2) is 5.26.